The number of hydrogen-bond acceptors (Lipinski definition) is 4. The molecule has 1 aromatic heterocycles. The van der Waals surface area contributed by atoms with Gasteiger partial charge in [0.05, 0.1) is 11.8 Å². The molecule has 0 aromatic carbocycles. The second kappa shape index (κ2) is 6.08. The molecule has 120 valence electrons. The molecule has 0 saturated carbocycles. The molecule has 7 nitrogen and oxygen atoms in total. The number of ether oxygens (including phenoxy) is 1. The van der Waals surface area contributed by atoms with Crippen LogP contribution in [0.1, 0.15) is 34.6 Å². The molecule has 1 unspecified atom stereocenters. The Morgan fingerprint density at radius 2 is 2.14 bits per heavy atom. The molecule has 0 bridgehead atoms. The number of amides is 2. The van der Waals surface area contributed by atoms with Crippen LogP contribution in [0.5, 0.6) is 0 Å². The highest BCUT2D eigenvalue weighted by Gasteiger charge is 2.26. The van der Waals surface area contributed by atoms with Gasteiger partial charge >= 0.3 is 0 Å². The van der Waals surface area contributed by atoms with E-state index in [1.807, 2.05) is 7.05 Å². The Morgan fingerprint density at radius 1 is 1.36 bits per heavy atom. The SMILES string of the molecule is CN1CC(CNC(=O)c2c3c(nn2C)CCCC3)OCC1=O. The van der Waals surface area contributed by atoms with Crippen LogP contribution >= 0.6 is 0 Å². The smallest absolute Gasteiger partial charge is 0.269 e. The molecule has 3 rings (SSSR count). The first-order chi connectivity index (χ1) is 10.6. The Labute approximate surface area is 129 Å². The third-order valence-corrected chi connectivity index (χ3v) is 4.37. The van der Waals surface area contributed by atoms with E-state index in [0.29, 0.717) is 18.8 Å². The van der Waals surface area contributed by atoms with E-state index in [4.69, 9.17) is 4.74 Å². The van der Waals surface area contributed by atoms with Gasteiger partial charge in [0.1, 0.15) is 12.3 Å². The summed E-state index contributed by atoms with van der Waals surface area (Å²) in [6, 6.07) is 0. The number of aromatic nitrogens is 2. The van der Waals surface area contributed by atoms with Gasteiger partial charge in [-0.05, 0) is 25.7 Å². The van der Waals surface area contributed by atoms with Gasteiger partial charge in [-0.25, -0.2) is 0 Å². The zero-order chi connectivity index (χ0) is 15.7. The summed E-state index contributed by atoms with van der Waals surface area (Å²) in [6.07, 6.45) is 3.97. The van der Waals surface area contributed by atoms with E-state index in [2.05, 4.69) is 10.4 Å². The maximum absolute atomic E-state index is 12.5. The van der Waals surface area contributed by atoms with Gasteiger partial charge < -0.3 is 15.0 Å². The maximum atomic E-state index is 12.5. The first kappa shape index (κ1) is 15.0. The number of fused-ring (bicyclic) bond motifs is 1. The summed E-state index contributed by atoms with van der Waals surface area (Å²) in [4.78, 5) is 25.5. The van der Waals surface area contributed by atoms with E-state index < -0.39 is 0 Å². The Balaban J connectivity index is 1.63. The lowest BCUT2D eigenvalue weighted by molar-refractivity contribution is -0.146. The monoisotopic (exact) mass is 306 g/mol. The van der Waals surface area contributed by atoms with E-state index in [1.54, 1.807) is 16.6 Å². The number of likely N-dealkylation sites (N-methyl/N-ethyl adjacent to an activating group) is 1. The summed E-state index contributed by atoms with van der Waals surface area (Å²) in [5, 5.41) is 7.38. The molecule has 1 aliphatic heterocycles. The minimum absolute atomic E-state index is 0.0247. The van der Waals surface area contributed by atoms with E-state index in [0.717, 1.165) is 36.9 Å². The van der Waals surface area contributed by atoms with E-state index >= 15 is 0 Å². The van der Waals surface area contributed by atoms with Gasteiger partial charge in [-0.1, -0.05) is 0 Å². The largest absolute Gasteiger partial charge is 0.365 e. The molecule has 1 atom stereocenters. The van der Waals surface area contributed by atoms with Crippen molar-refractivity contribution in [3.63, 3.8) is 0 Å². The third kappa shape index (κ3) is 2.85. The second-order valence-electron chi connectivity index (χ2n) is 6.02. The fraction of sp³-hybridized carbons (Fsp3) is 0.667. The molecule has 2 amide bonds. The normalized spacial score (nSPS) is 21.6. The van der Waals surface area contributed by atoms with Crippen molar-refractivity contribution < 1.29 is 14.3 Å². The first-order valence-electron chi connectivity index (χ1n) is 7.74. The molecule has 1 N–H and O–H groups in total. The van der Waals surface area contributed by atoms with Crippen LogP contribution in [0.25, 0.3) is 0 Å². The summed E-state index contributed by atoms with van der Waals surface area (Å²) in [7, 11) is 3.56. The van der Waals surface area contributed by atoms with Crippen molar-refractivity contribution in [2.75, 3.05) is 26.7 Å². The fourth-order valence-electron chi connectivity index (χ4n) is 3.14. The predicted molar refractivity (Wildman–Crippen MR) is 79.6 cm³/mol. The number of aryl methyl sites for hydroxylation is 2. The number of carbonyl (C=O) groups excluding carboxylic acids is 2. The van der Waals surface area contributed by atoms with Crippen LogP contribution in [0.4, 0.5) is 0 Å². The molecule has 22 heavy (non-hydrogen) atoms. The zero-order valence-electron chi connectivity index (χ0n) is 13.1. The summed E-state index contributed by atoms with van der Waals surface area (Å²) >= 11 is 0. The van der Waals surface area contributed by atoms with Gasteiger partial charge in [0.25, 0.3) is 5.91 Å². The van der Waals surface area contributed by atoms with E-state index in [9.17, 15) is 9.59 Å². The molecule has 1 saturated heterocycles. The average Bonchev–Trinajstić information content (AvgIpc) is 2.84. The van der Waals surface area contributed by atoms with Crippen LogP contribution in [0.3, 0.4) is 0 Å². The van der Waals surface area contributed by atoms with Crippen LogP contribution in [0.15, 0.2) is 0 Å². The van der Waals surface area contributed by atoms with Crippen LogP contribution < -0.4 is 5.32 Å². The van der Waals surface area contributed by atoms with Crippen LogP contribution in [0, 0.1) is 0 Å². The van der Waals surface area contributed by atoms with Gasteiger partial charge in [-0.2, -0.15) is 5.10 Å². The lowest BCUT2D eigenvalue weighted by Gasteiger charge is -2.29. The van der Waals surface area contributed by atoms with Gasteiger partial charge in [0, 0.05) is 32.7 Å². The minimum atomic E-state index is -0.157. The molecule has 0 spiro atoms. The van der Waals surface area contributed by atoms with Crippen LogP contribution in [-0.4, -0.2) is 59.3 Å². The lowest BCUT2D eigenvalue weighted by Crippen LogP contribution is -2.48. The molecule has 1 fully saturated rings. The van der Waals surface area contributed by atoms with Crippen molar-refractivity contribution in [3.8, 4) is 0 Å². The zero-order valence-corrected chi connectivity index (χ0v) is 13.1. The minimum Gasteiger partial charge on any atom is -0.365 e. The summed E-state index contributed by atoms with van der Waals surface area (Å²) in [6.45, 7) is 0.983. The van der Waals surface area contributed by atoms with Crippen molar-refractivity contribution in [2.45, 2.75) is 31.8 Å². The highest BCUT2D eigenvalue weighted by atomic mass is 16.5. The summed E-state index contributed by atoms with van der Waals surface area (Å²) in [5.41, 5.74) is 2.80. The molecular weight excluding hydrogens is 284 g/mol. The van der Waals surface area contributed by atoms with Crippen molar-refractivity contribution in [1.29, 1.82) is 0 Å². The van der Waals surface area contributed by atoms with Gasteiger partial charge in [-0.15, -0.1) is 0 Å². The van der Waals surface area contributed by atoms with Gasteiger partial charge in [-0.3, -0.25) is 14.3 Å². The highest BCUT2D eigenvalue weighted by molar-refractivity contribution is 5.94. The Morgan fingerprint density at radius 3 is 2.91 bits per heavy atom. The van der Waals surface area contributed by atoms with Crippen LogP contribution in [-0.2, 0) is 29.4 Å². The Kier molecular flexibility index (Phi) is 4.15. The Hall–Kier alpha value is -1.89. The molecule has 7 heteroatoms. The van der Waals surface area contributed by atoms with Gasteiger partial charge in [0.15, 0.2) is 0 Å². The number of morpholine rings is 1. The molecule has 1 aliphatic carbocycles. The molecule has 1 aromatic rings. The number of rotatable bonds is 3. The molecule has 0 radical (unpaired) electrons. The van der Waals surface area contributed by atoms with Gasteiger partial charge in [0.2, 0.25) is 5.91 Å². The number of nitrogens with one attached hydrogen (secondary N) is 1. The second-order valence-corrected chi connectivity index (χ2v) is 6.02. The van der Waals surface area contributed by atoms with E-state index in [-0.39, 0.29) is 24.5 Å². The molecule has 2 heterocycles. The van der Waals surface area contributed by atoms with Crippen molar-refractivity contribution in [2.24, 2.45) is 7.05 Å². The Bertz CT molecular complexity index is 596. The number of nitrogens with zero attached hydrogens (tertiary/aromatic N) is 3. The lowest BCUT2D eigenvalue weighted by atomic mass is 9.95. The standard InChI is InChI=1S/C15H22N4O3/c1-18-8-10(22-9-13(18)20)7-16-15(21)14-11-5-3-4-6-12(11)17-19(14)2/h10H,3-9H2,1-2H3,(H,16,21). The molecule has 2 aliphatic rings. The summed E-state index contributed by atoms with van der Waals surface area (Å²) in [5.74, 6) is -0.135. The molecular formula is C15H22N4O3. The summed E-state index contributed by atoms with van der Waals surface area (Å²) < 4.78 is 7.13. The van der Waals surface area contributed by atoms with Crippen molar-refractivity contribution in [3.05, 3.63) is 17.0 Å². The predicted octanol–water partition coefficient (Wildman–Crippen LogP) is -0.114. The van der Waals surface area contributed by atoms with Crippen LogP contribution in [0.2, 0.25) is 0 Å². The topological polar surface area (TPSA) is 76.5 Å². The number of carbonyl (C=O) groups is 2. The number of hydrogen-bond donors (Lipinski definition) is 1. The fourth-order valence-corrected chi connectivity index (χ4v) is 3.14. The first-order valence-corrected chi connectivity index (χ1v) is 7.74. The maximum Gasteiger partial charge on any atom is 0.269 e. The quantitative estimate of drug-likeness (QED) is 0.845. The van der Waals surface area contributed by atoms with E-state index in [1.165, 1.54) is 0 Å². The highest BCUT2D eigenvalue weighted by Crippen LogP contribution is 2.23. The third-order valence-electron chi connectivity index (χ3n) is 4.37. The average molecular weight is 306 g/mol. The van der Waals surface area contributed by atoms with Crippen molar-refractivity contribution >= 4 is 11.8 Å². The van der Waals surface area contributed by atoms with Crippen molar-refractivity contribution in [1.82, 2.24) is 20.0 Å².